The van der Waals surface area contributed by atoms with Gasteiger partial charge >= 0.3 is 5.97 Å². The summed E-state index contributed by atoms with van der Waals surface area (Å²) in [5.74, 6) is -0.196. The van der Waals surface area contributed by atoms with Gasteiger partial charge in [-0.2, -0.15) is 0 Å². The second kappa shape index (κ2) is 3.53. The predicted octanol–water partition coefficient (Wildman–Crippen LogP) is 1.60. The smallest absolute Gasteiger partial charge is 0.314 e. The number of rotatable bonds is 3. The molecular formula is C11H13NO3. The number of methoxy groups -OCH3 is 1. The van der Waals surface area contributed by atoms with Crippen molar-refractivity contribution in [3.8, 4) is 5.75 Å². The second-order valence-corrected chi connectivity index (χ2v) is 3.82. The van der Waals surface area contributed by atoms with Crippen LogP contribution in [0.25, 0.3) is 0 Å². The molecule has 1 heterocycles. The molecule has 2 rings (SSSR count). The molecule has 1 aromatic rings. The molecule has 0 aromatic carbocycles. The first-order chi connectivity index (χ1) is 7.20. The van der Waals surface area contributed by atoms with Crippen LogP contribution in [0.2, 0.25) is 0 Å². The second-order valence-electron chi connectivity index (χ2n) is 3.82. The Balaban J connectivity index is 2.47. The minimum Gasteiger partial charge on any atom is -0.495 e. The number of aromatic nitrogens is 1. The molecule has 1 aromatic heterocycles. The van der Waals surface area contributed by atoms with Gasteiger partial charge in [0.15, 0.2) is 0 Å². The number of carboxylic acid groups (broad SMARTS) is 1. The van der Waals surface area contributed by atoms with E-state index in [4.69, 9.17) is 4.74 Å². The Morgan fingerprint density at radius 1 is 1.60 bits per heavy atom. The fourth-order valence-electron chi connectivity index (χ4n) is 2.07. The Morgan fingerprint density at radius 2 is 2.33 bits per heavy atom. The fourth-order valence-corrected chi connectivity index (χ4v) is 2.07. The number of ether oxygens (including phenoxy) is 1. The summed E-state index contributed by atoms with van der Waals surface area (Å²) < 4.78 is 5.15. The molecule has 0 aliphatic heterocycles. The molecule has 0 amide bonds. The summed E-state index contributed by atoms with van der Waals surface area (Å²) in [6.07, 6.45) is 5.50. The average Bonchev–Trinajstić information content (AvgIpc) is 2.16. The van der Waals surface area contributed by atoms with Crippen LogP contribution in [-0.4, -0.2) is 23.2 Å². The highest BCUT2D eigenvalue weighted by Gasteiger charge is 2.47. The van der Waals surface area contributed by atoms with E-state index in [2.05, 4.69) is 4.98 Å². The molecule has 1 N–H and O–H groups in total. The zero-order valence-electron chi connectivity index (χ0n) is 8.56. The number of pyridine rings is 1. The van der Waals surface area contributed by atoms with Gasteiger partial charge in [-0.05, 0) is 18.9 Å². The molecule has 1 aliphatic carbocycles. The van der Waals surface area contributed by atoms with E-state index in [-0.39, 0.29) is 0 Å². The van der Waals surface area contributed by atoms with Crippen LogP contribution in [-0.2, 0) is 10.2 Å². The third kappa shape index (κ3) is 1.37. The van der Waals surface area contributed by atoms with Gasteiger partial charge in [-0.25, -0.2) is 0 Å². The maximum atomic E-state index is 11.3. The monoisotopic (exact) mass is 207 g/mol. The Labute approximate surface area is 87.9 Å². The van der Waals surface area contributed by atoms with E-state index in [1.54, 1.807) is 18.5 Å². The van der Waals surface area contributed by atoms with Crippen molar-refractivity contribution >= 4 is 5.97 Å². The number of hydrogen-bond acceptors (Lipinski definition) is 3. The summed E-state index contributed by atoms with van der Waals surface area (Å²) in [7, 11) is 1.54. The Kier molecular flexibility index (Phi) is 2.34. The van der Waals surface area contributed by atoms with Gasteiger partial charge in [0.25, 0.3) is 0 Å². The average molecular weight is 207 g/mol. The minimum absolute atomic E-state index is 0.569. The Hall–Kier alpha value is -1.58. The molecule has 80 valence electrons. The third-order valence-electron chi connectivity index (χ3n) is 3.14. The van der Waals surface area contributed by atoms with Crippen molar-refractivity contribution in [2.75, 3.05) is 7.11 Å². The molecule has 0 saturated heterocycles. The van der Waals surface area contributed by atoms with Crippen LogP contribution < -0.4 is 4.74 Å². The lowest BCUT2D eigenvalue weighted by molar-refractivity contribution is -0.147. The van der Waals surface area contributed by atoms with Gasteiger partial charge in [0.05, 0.1) is 18.7 Å². The normalized spacial score (nSPS) is 17.9. The van der Waals surface area contributed by atoms with Gasteiger partial charge in [-0.3, -0.25) is 9.78 Å². The maximum Gasteiger partial charge on any atom is 0.314 e. The van der Waals surface area contributed by atoms with Crippen molar-refractivity contribution in [1.82, 2.24) is 4.98 Å². The van der Waals surface area contributed by atoms with Crippen LogP contribution in [0, 0.1) is 0 Å². The maximum absolute atomic E-state index is 11.3. The number of nitrogens with zero attached hydrogens (tertiary/aromatic N) is 1. The van der Waals surface area contributed by atoms with Gasteiger partial charge in [-0.1, -0.05) is 6.42 Å². The van der Waals surface area contributed by atoms with Crippen LogP contribution in [0.3, 0.4) is 0 Å². The van der Waals surface area contributed by atoms with Crippen molar-refractivity contribution < 1.29 is 14.6 Å². The van der Waals surface area contributed by atoms with Crippen molar-refractivity contribution in [2.24, 2.45) is 0 Å². The fraction of sp³-hybridized carbons (Fsp3) is 0.455. The van der Waals surface area contributed by atoms with Gasteiger partial charge < -0.3 is 9.84 Å². The molecule has 4 nitrogen and oxygen atoms in total. The molecule has 1 fully saturated rings. The molecule has 0 unspecified atom stereocenters. The zero-order valence-corrected chi connectivity index (χ0v) is 8.56. The van der Waals surface area contributed by atoms with E-state index in [0.717, 1.165) is 12.0 Å². The summed E-state index contributed by atoms with van der Waals surface area (Å²) in [4.78, 5) is 15.2. The van der Waals surface area contributed by atoms with Gasteiger partial charge in [0.2, 0.25) is 0 Å². The minimum atomic E-state index is -0.766. The quantitative estimate of drug-likeness (QED) is 0.817. The highest BCUT2D eigenvalue weighted by atomic mass is 16.5. The summed E-state index contributed by atoms with van der Waals surface area (Å²) >= 11 is 0. The van der Waals surface area contributed by atoms with E-state index in [9.17, 15) is 9.90 Å². The lowest BCUT2D eigenvalue weighted by Crippen LogP contribution is -2.42. The first-order valence-electron chi connectivity index (χ1n) is 4.92. The highest BCUT2D eigenvalue weighted by Crippen LogP contribution is 2.46. The van der Waals surface area contributed by atoms with E-state index >= 15 is 0 Å². The molecule has 4 heteroatoms. The van der Waals surface area contributed by atoms with Crippen molar-refractivity contribution in [3.05, 3.63) is 24.0 Å². The standard InChI is InChI=1S/C11H13NO3/c1-15-9-7-12-6-3-8(9)11(10(13)14)4-2-5-11/h3,6-7H,2,4-5H2,1H3,(H,13,14). The van der Waals surface area contributed by atoms with Crippen LogP contribution in [0.1, 0.15) is 24.8 Å². The topological polar surface area (TPSA) is 59.4 Å². The van der Waals surface area contributed by atoms with E-state index in [1.165, 1.54) is 7.11 Å². The number of carbonyl (C=O) groups is 1. The largest absolute Gasteiger partial charge is 0.495 e. The molecule has 0 bridgehead atoms. The Morgan fingerprint density at radius 3 is 2.80 bits per heavy atom. The van der Waals surface area contributed by atoms with Gasteiger partial charge in [-0.15, -0.1) is 0 Å². The van der Waals surface area contributed by atoms with Crippen molar-refractivity contribution in [1.29, 1.82) is 0 Å². The summed E-state index contributed by atoms with van der Waals surface area (Å²) in [5.41, 5.74) is 0.00706. The van der Waals surface area contributed by atoms with Crippen molar-refractivity contribution in [2.45, 2.75) is 24.7 Å². The molecule has 1 aliphatic rings. The SMILES string of the molecule is COc1cnccc1C1(C(=O)O)CCC1. The summed E-state index contributed by atoms with van der Waals surface area (Å²) in [5, 5.41) is 9.28. The first kappa shape index (κ1) is 9.96. The molecule has 0 atom stereocenters. The van der Waals surface area contributed by atoms with Gasteiger partial charge in [0, 0.05) is 11.8 Å². The number of aliphatic carboxylic acids is 1. The van der Waals surface area contributed by atoms with E-state index in [0.29, 0.717) is 18.6 Å². The summed E-state index contributed by atoms with van der Waals surface area (Å²) in [6, 6.07) is 1.74. The predicted molar refractivity (Wildman–Crippen MR) is 54.0 cm³/mol. The highest BCUT2D eigenvalue weighted by molar-refractivity contribution is 5.83. The molecule has 0 radical (unpaired) electrons. The van der Waals surface area contributed by atoms with Crippen LogP contribution in [0.15, 0.2) is 18.5 Å². The summed E-state index contributed by atoms with van der Waals surface area (Å²) in [6.45, 7) is 0. The molecule has 15 heavy (non-hydrogen) atoms. The Bertz CT molecular complexity index is 385. The lowest BCUT2D eigenvalue weighted by Gasteiger charge is -2.38. The lowest BCUT2D eigenvalue weighted by atomic mass is 9.64. The van der Waals surface area contributed by atoms with Crippen molar-refractivity contribution in [3.63, 3.8) is 0 Å². The van der Waals surface area contributed by atoms with Crippen LogP contribution >= 0.6 is 0 Å². The molecule has 1 saturated carbocycles. The first-order valence-corrected chi connectivity index (χ1v) is 4.92. The third-order valence-corrected chi connectivity index (χ3v) is 3.14. The van der Waals surface area contributed by atoms with Crippen LogP contribution in [0.5, 0.6) is 5.75 Å². The zero-order chi connectivity index (χ0) is 10.9. The molecular weight excluding hydrogens is 194 g/mol. The molecule has 0 spiro atoms. The number of carboxylic acids is 1. The van der Waals surface area contributed by atoms with E-state index in [1.807, 2.05) is 0 Å². The van der Waals surface area contributed by atoms with Crippen LogP contribution in [0.4, 0.5) is 0 Å². The van der Waals surface area contributed by atoms with Gasteiger partial charge in [0.1, 0.15) is 5.75 Å². The number of hydrogen-bond donors (Lipinski definition) is 1. The van der Waals surface area contributed by atoms with E-state index < -0.39 is 11.4 Å².